The van der Waals surface area contributed by atoms with Gasteiger partial charge >= 0.3 is 0 Å². The number of nitrogens with zero attached hydrogens (tertiary/aromatic N) is 2. The van der Waals surface area contributed by atoms with Crippen molar-refractivity contribution >= 4 is 5.65 Å². The van der Waals surface area contributed by atoms with Crippen molar-refractivity contribution in [3.8, 4) is 45.4 Å². The first-order valence-electron chi connectivity index (χ1n) is 8.02. The summed E-state index contributed by atoms with van der Waals surface area (Å²) in [6.45, 7) is 0. The van der Waals surface area contributed by atoms with Crippen molar-refractivity contribution in [1.29, 1.82) is 0 Å². The maximum Gasteiger partial charge on any atom is 0.266 e. The van der Waals surface area contributed by atoms with E-state index in [1.807, 2.05) is 0 Å². The Labute approximate surface area is 152 Å². The van der Waals surface area contributed by atoms with E-state index < -0.39 is 0 Å². The van der Waals surface area contributed by atoms with Crippen LogP contribution < -0.4 is 5.56 Å². The molecule has 7 nitrogen and oxygen atoms in total. The van der Waals surface area contributed by atoms with Gasteiger partial charge in [-0.05, 0) is 48.0 Å². The predicted molar refractivity (Wildman–Crippen MR) is 99.0 cm³/mol. The van der Waals surface area contributed by atoms with Crippen LogP contribution in [0.2, 0.25) is 0 Å². The van der Waals surface area contributed by atoms with Crippen LogP contribution in [0.5, 0.6) is 23.0 Å². The minimum absolute atomic E-state index is 0.180. The Balaban J connectivity index is 2.11. The second kappa shape index (κ2) is 6.06. The van der Waals surface area contributed by atoms with Crippen molar-refractivity contribution in [3.63, 3.8) is 0 Å². The highest BCUT2D eigenvalue weighted by Gasteiger charge is 2.18. The number of phenols is 4. The summed E-state index contributed by atoms with van der Waals surface area (Å²) in [7, 11) is 0. The van der Waals surface area contributed by atoms with Crippen LogP contribution in [0.3, 0.4) is 0 Å². The highest BCUT2D eigenvalue weighted by atomic mass is 16.3. The van der Waals surface area contributed by atoms with Crippen molar-refractivity contribution in [2.45, 2.75) is 0 Å². The van der Waals surface area contributed by atoms with Crippen LogP contribution in [0.25, 0.3) is 28.0 Å². The van der Waals surface area contributed by atoms with Gasteiger partial charge in [-0.3, -0.25) is 9.20 Å². The van der Waals surface area contributed by atoms with E-state index in [-0.39, 0.29) is 39.8 Å². The Morgan fingerprint density at radius 2 is 1.37 bits per heavy atom. The number of rotatable bonds is 2. The fourth-order valence-corrected chi connectivity index (χ4v) is 2.91. The summed E-state index contributed by atoms with van der Waals surface area (Å²) in [6.07, 6.45) is 1.58. The summed E-state index contributed by atoms with van der Waals surface area (Å²) >= 11 is 0. The first kappa shape index (κ1) is 16.5. The van der Waals surface area contributed by atoms with Gasteiger partial charge in [-0.15, -0.1) is 0 Å². The average Bonchev–Trinajstić information content (AvgIpc) is 2.66. The molecule has 0 aliphatic rings. The zero-order valence-corrected chi connectivity index (χ0v) is 13.9. The van der Waals surface area contributed by atoms with Gasteiger partial charge in [0.2, 0.25) is 0 Å². The van der Waals surface area contributed by atoms with Gasteiger partial charge < -0.3 is 20.4 Å². The Morgan fingerprint density at radius 3 is 2.04 bits per heavy atom. The summed E-state index contributed by atoms with van der Waals surface area (Å²) < 4.78 is 1.36. The summed E-state index contributed by atoms with van der Waals surface area (Å²) in [5, 5.41) is 38.9. The van der Waals surface area contributed by atoms with Gasteiger partial charge in [0.1, 0.15) is 5.65 Å². The van der Waals surface area contributed by atoms with E-state index in [4.69, 9.17) is 0 Å². The minimum Gasteiger partial charge on any atom is -0.504 e. The van der Waals surface area contributed by atoms with Crippen molar-refractivity contribution in [2.75, 3.05) is 0 Å². The van der Waals surface area contributed by atoms with E-state index in [2.05, 4.69) is 4.98 Å². The van der Waals surface area contributed by atoms with Crippen molar-refractivity contribution in [2.24, 2.45) is 0 Å². The quantitative estimate of drug-likeness (QED) is 0.408. The topological polar surface area (TPSA) is 115 Å². The number of hydrogen-bond donors (Lipinski definition) is 4. The first-order chi connectivity index (χ1) is 13.0. The van der Waals surface area contributed by atoms with Gasteiger partial charge in [0.05, 0.1) is 11.3 Å². The Kier molecular flexibility index (Phi) is 3.70. The molecule has 0 fully saturated rings. The van der Waals surface area contributed by atoms with Gasteiger partial charge in [0.15, 0.2) is 23.0 Å². The summed E-state index contributed by atoms with van der Waals surface area (Å²) in [6, 6.07) is 13.3. The number of hydrogen-bond acceptors (Lipinski definition) is 6. The largest absolute Gasteiger partial charge is 0.504 e. The molecular formula is C20H14N2O5. The van der Waals surface area contributed by atoms with Crippen LogP contribution in [0.1, 0.15) is 0 Å². The van der Waals surface area contributed by atoms with Gasteiger partial charge in [-0.25, -0.2) is 4.98 Å². The second-order valence-corrected chi connectivity index (χ2v) is 5.98. The number of pyridine rings is 1. The third kappa shape index (κ3) is 2.71. The SMILES string of the molecule is O=c1c(-c2ccc(O)c(O)c2)c(-c2ccc(O)c(O)c2)nc2ccccn12. The fourth-order valence-electron chi connectivity index (χ4n) is 2.91. The predicted octanol–water partition coefficient (Wildman–Crippen LogP) is 2.85. The number of aromatic hydroxyl groups is 4. The average molecular weight is 362 g/mol. The van der Waals surface area contributed by atoms with Gasteiger partial charge in [-0.1, -0.05) is 12.1 Å². The van der Waals surface area contributed by atoms with Gasteiger partial charge in [-0.2, -0.15) is 0 Å². The molecule has 0 amide bonds. The van der Waals surface area contributed by atoms with E-state index in [0.29, 0.717) is 16.8 Å². The summed E-state index contributed by atoms with van der Waals surface area (Å²) in [5.41, 5.74) is 1.23. The molecule has 2 aromatic heterocycles. The third-order valence-electron chi connectivity index (χ3n) is 4.25. The lowest BCUT2D eigenvalue weighted by Crippen LogP contribution is -2.18. The van der Waals surface area contributed by atoms with Gasteiger partial charge in [0, 0.05) is 11.8 Å². The zero-order valence-electron chi connectivity index (χ0n) is 13.9. The molecule has 0 atom stereocenters. The Hall–Kier alpha value is -4.00. The molecule has 2 aromatic carbocycles. The molecule has 4 aromatic rings. The maximum atomic E-state index is 13.1. The van der Waals surface area contributed by atoms with Crippen molar-refractivity contribution in [1.82, 2.24) is 9.38 Å². The fraction of sp³-hybridized carbons (Fsp3) is 0. The molecule has 7 heteroatoms. The monoisotopic (exact) mass is 362 g/mol. The smallest absolute Gasteiger partial charge is 0.266 e. The molecular weight excluding hydrogens is 348 g/mol. The lowest BCUT2D eigenvalue weighted by molar-refractivity contribution is 0.404. The molecule has 0 saturated heterocycles. The number of benzene rings is 2. The molecule has 134 valence electrons. The maximum absolute atomic E-state index is 13.1. The van der Waals surface area contributed by atoms with Crippen molar-refractivity contribution in [3.05, 3.63) is 71.1 Å². The summed E-state index contributed by atoms with van der Waals surface area (Å²) in [5.74, 6) is -1.32. The normalized spacial score (nSPS) is 11.0. The zero-order chi connectivity index (χ0) is 19.1. The van der Waals surface area contributed by atoms with E-state index in [9.17, 15) is 25.2 Å². The van der Waals surface area contributed by atoms with E-state index in [1.54, 1.807) is 24.4 Å². The standard InChI is InChI=1S/C20H14N2O5/c23-13-6-4-11(9-15(13)25)18-19(12-5-7-14(24)16(26)10-12)21-17-3-1-2-8-22(17)20(18)27/h1-10,23-26H. The molecule has 4 N–H and O–H groups in total. The molecule has 27 heavy (non-hydrogen) atoms. The van der Waals surface area contributed by atoms with Gasteiger partial charge in [0.25, 0.3) is 5.56 Å². The van der Waals surface area contributed by atoms with E-state index >= 15 is 0 Å². The van der Waals surface area contributed by atoms with Crippen LogP contribution in [0, 0.1) is 0 Å². The molecule has 0 saturated carbocycles. The van der Waals surface area contributed by atoms with Crippen LogP contribution in [0.4, 0.5) is 0 Å². The first-order valence-corrected chi connectivity index (χ1v) is 8.02. The molecule has 0 radical (unpaired) electrons. The molecule has 4 rings (SSSR count). The summed E-state index contributed by atoms with van der Waals surface area (Å²) in [4.78, 5) is 17.7. The highest BCUT2D eigenvalue weighted by Crippen LogP contribution is 2.36. The lowest BCUT2D eigenvalue weighted by atomic mass is 9.99. The highest BCUT2D eigenvalue weighted by molar-refractivity contribution is 5.83. The van der Waals surface area contributed by atoms with Crippen LogP contribution in [-0.2, 0) is 0 Å². The Morgan fingerprint density at radius 1 is 0.741 bits per heavy atom. The molecule has 0 bridgehead atoms. The molecule has 0 spiro atoms. The molecule has 0 unspecified atom stereocenters. The molecule has 0 aliphatic carbocycles. The third-order valence-corrected chi connectivity index (χ3v) is 4.25. The minimum atomic E-state index is -0.381. The second-order valence-electron chi connectivity index (χ2n) is 5.98. The molecule has 0 aliphatic heterocycles. The molecule has 2 heterocycles. The van der Waals surface area contributed by atoms with E-state index in [1.165, 1.54) is 40.8 Å². The van der Waals surface area contributed by atoms with Crippen LogP contribution in [0.15, 0.2) is 65.6 Å². The lowest BCUT2D eigenvalue weighted by Gasteiger charge is -2.12. The Bertz CT molecular complexity index is 1250. The van der Waals surface area contributed by atoms with Crippen molar-refractivity contribution < 1.29 is 20.4 Å². The number of phenolic OH excluding ortho intramolecular Hbond substituents is 4. The number of fused-ring (bicyclic) bond motifs is 1. The van der Waals surface area contributed by atoms with E-state index in [0.717, 1.165) is 0 Å². The van der Waals surface area contributed by atoms with Crippen LogP contribution in [-0.4, -0.2) is 29.8 Å². The van der Waals surface area contributed by atoms with Crippen LogP contribution >= 0.6 is 0 Å². The number of aromatic nitrogens is 2.